The Hall–Kier alpha value is -5.12. The molecule has 8 saturated carbocycles. The fourth-order valence-corrected chi connectivity index (χ4v) is 28.1. The molecule has 12 N–H and O–H groups in total. The molecule has 34 atom stereocenters. The number of aliphatic hydroxyl groups excluding tert-OH is 8. The van der Waals surface area contributed by atoms with E-state index in [1.165, 1.54) is 35.4 Å². The number of aliphatic hydroxyl groups is 8. The summed E-state index contributed by atoms with van der Waals surface area (Å²) < 4.78 is 61.2. The molecule has 4 aliphatic heterocycles. The number of esters is 2. The number of carbonyl (C=O) groups is 6. The van der Waals surface area contributed by atoms with Crippen LogP contribution in [0.3, 0.4) is 0 Å². The van der Waals surface area contributed by atoms with Gasteiger partial charge in [-0.1, -0.05) is 132 Å². The minimum atomic E-state index is -2.07. The Balaban J connectivity index is 0.574. The van der Waals surface area contributed by atoms with E-state index in [0.717, 1.165) is 77.0 Å². The topological polar surface area (TPSA) is 437 Å². The molecule has 4 saturated heterocycles. The van der Waals surface area contributed by atoms with Crippen LogP contribution in [0, 0.1) is 100 Å². The van der Waals surface area contributed by atoms with Gasteiger partial charge in [0.15, 0.2) is 49.6 Å². The highest BCUT2D eigenvalue weighted by atomic mass is 16.8. The summed E-state index contributed by atoms with van der Waals surface area (Å²) in [5.41, 5.74) is -2.20. The van der Waals surface area contributed by atoms with Gasteiger partial charge in [-0.2, -0.15) is 0 Å². The molecule has 0 bridgehead atoms. The monoisotopic (exact) mass is 1660 g/mol. The van der Waals surface area contributed by atoms with Gasteiger partial charge in [0.1, 0.15) is 61.0 Å². The summed E-state index contributed by atoms with van der Waals surface area (Å²) in [4.78, 5) is 80.4. The first-order valence-electron chi connectivity index (χ1n) is 43.5. The number of hydrogen-bond donors (Lipinski definition) is 12. The van der Waals surface area contributed by atoms with Crippen LogP contribution >= 0.6 is 0 Å². The van der Waals surface area contributed by atoms with Gasteiger partial charge in [0.25, 0.3) is 0 Å². The largest absolute Gasteiger partial charge is 0.481 e. The molecule has 28 heteroatoms. The van der Waals surface area contributed by atoms with Crippen LogP contribution in [0.5, 0.6) is 0 Å². The summed E-state index contributed by atoms with van der Waals surface area (Å²) in [7, 11) is 0. The molecule has 658 valence electrons. The van der Waals surface area contributed by atoms with Crippen molar-refractivity contribution in [2.24, 2.45) is 100 Å². The first-order valence-corrected chi connectivity index (χ1v) is 43.5. The summed E-state index contributed by atoms with van der Waals surface area (Å²) in [5, 5.41) is 135. The van der Waals surface area contributed by atoms with Gasteiger partial charge >= 0.3 is 35.8 Å². The summed E-state index contributed by atoms with van der Waals surface area (Å²) in [5.74, 6) is -6.53. The first-order chi connectivity index (χ1) is 55.0. The van der Waals surface area contributed by atoms with Gasteiger partial charge < -0.3 is 109 Å². The van der Waals surface area contributed by atoms with Crippen molar-refractivity contribution in [2.45, 2.75) is 348 Å². The van der Waals surface area contributed by atoms with Crippen LogP contribution in [0.15, 0.2) is 47.6 Å². The molecule has 118 heavy (non-hydrogen) atoms. The van der Waals surface area contributed by atoms with Gasteiger partial charge in [-0.05, 0) is 230 Å². The predicted octanol–water partition coefficient (Wildman–Crippen LogP) is 9.27. The van der Waals surface area contributed by atoms with Gasteiger partial charge in [0.2, 0.25) is 0 Å². The molecular weight excluding hydrogens is 1530 g/mol. The third-order valence-corrected chi connectivity index (χ3v) is 35.5. The maximum atomic E-state index is 14.2. The van der Waals surface area contributed by atoms with Crippen LogP contribution in [-0.2, 0) is 66.5 Å². The molecule has 1 aromatic rings. The van der Waals surface area contributed by atoms with Gasteiger partial charge in [-0.15, -0.1) is 0 Å². The lowest BCUT2D eigenvalue weighted by Crippen LogP contribution is -2.67. The first kappa shape index (κ1) is 87.8. The second-order valence-corrected chi connectivity index (χ2v) is 42.8. The fraction of sp³-hybridized carbons (Fsp3) is 0.822. The number of rotatable bonds is 16. The fourth-order valence-electron chi connectivity index (χ4n) is 28.1. The maximum Gasteiger partial charge on any atom is 0.339 e. The molecule has 10 aliphatic carbocycles. The van der Waals surface area contributed by atoms with Crippen molar-refractivity contribution < 1.29 is 137 Å². The van der Waals surface area contributed by atoms with E-state index in [1.54, 1.807) is 0 Å². The number of hydrogen-bond acceptors (Lipinski definition) is 24. The normalized spacial score (nSPS) is 49.0. The molecule has 28 nitrogen and oxygen atoms in total. The number of aliphatic carboxylic acids is 4. The standard InChI is InChI=1S/C90H130O28/c1-79(2)31-35-89(77(105)106)37-33-85(11)45(47(89)39-79)19-21-53-83(9)27-25-55(81(5,6)51(83)23-29-87(53,85)13)113-75-67(61(95)59(93)65(115-75)69(99)100)117-73-63(97)57(91)49(41-109-73)111-71(103)43-17-15-16-18-44(43)72(104)112-50-42-110-74(64(98)58(50)92)118-68-62(96)60(94)66(70(101)102)116-76(68)114-56-26-28-84(10)52(82(56,7)8)24-30-88(14)54(84)22-20-46-48-40-80(3,4)32-36-90(48,78(107)108)38-34-86(46,88)12/h15-20,47-68,73-76,91-98H,21-42H2,1-14H3,(H,99,100)(H,101,102)(H,105,106)(H,107,108). The third kappa shape index (κ3) is 13.6. The highest BCUT2D eigenvalue weighted by molar-refractivity contribution is 6.03. The maximum absolute atomic E-state index is 14.2. The Kier molecular flexibility index (Phi) is 22.6. The Morgan fingerprint density at radius 2 is 0.746 bits per heavy atom. The highest BCUT2D eigenvalue weighted by Gasteiger charge is 2.73. The van der Waals surface area contributed by atoms with Crippen molar-refractivity contribution in [3.63, 3.8) is 0 Å². The van der Waals surface area contributed by atoms with E-state index in [9.17, 15) is 90.0 Å². The molecule has 0 spiro atoms. The van der Waals surface area contributed by atoms with Crippen LogP contribution < -0.4 is 0 Å². The van der Waals surface area contributed by atoms with Crippen LogP contribution in [0.25, 0.3) is 0 Å². The van der Waals surface area contributed by atoms with E-state index in [0.29, 0.717) is 51.4 Å². The van der Waals surface area contributed by atoms with E-state index in [1.807, 2.05) is 0 Å². The lowest BCUT2D eigenvalue weighted by molar-refractivity contribution is -0.365. The molecule has 1 aromatic carbocycles. The molecule has 0 radical (unpaired) electrons. The summed E-state index contributed by atoms with van der Waals surface area (Å²) in [6.45, 7) is 30.5. The van der Waals surface area contributed by atoms with Gasteiger partial charge in [0, 0.05) is 0 Å². The van der Waals surface area contributed by atoms with Crippen molar-refractivity contribution in [1.29, 1.82) is 0 Å². The third-order valence-electron chi connectivity index (χ3n) is 35.5. The number of fused-ring (bicyclic) bond motifs is 14. The zero-order valence-corrected chi connectivity index (χ0v) is 70.9. The number of carboxylic acids is 4. The van der Waals surface area contributed by atoms with E-state index < -0.39 is 205 Å². The van der Waals surface area contributed by atoms with Crippen molar-refractivity contribution in [3.05, 3.63) is 58.7 Å². The van der Waals surface area contributed by atoms with Crippen LogP contribution in [-0.4, -0.2) is 233 Å². The molecule has 0 aromatic heterocycles. The predicted molar refractivity (Wildman–Crippen MR) is 418 cm³/mol. The average Bonchev–Trinajstić information content (AvgIpc) is 0.678. The Bertz CT molecular complexity index is 3860. The average molecular weight is 1660 g/mol. The van der Waals surface area contributed by atoms with E-state index >= 15 is 0 Å². The molecule has 14 aliphatic rings. The molecule has 12 fully saturated rings. The SMILES string of the molecule is CC1(C)CCC2(C(=O)O)CCC3(C)C(=CCC4C5(C)CCC(OC6OC(C(=O)O)C(O)C(O)C6OC6OCC(OC(=O)c7ccccc7C(=O)OC7COC(OC8C(OC9CCC%10(C)C(CCC%11(C)C%10CC=C%10C%12CC(C)(C)CCC%12(C(=O)O)CCC%10%11C)C9(C)C)OC(C(=O)O)C(O)C8O)C(O)C7O)C(O)C6O)C(C)(C)C5CCC43C)C2C1. The van der Waals surface area contributed by atoms with Crippen LogP contribution in [0.4, 0.5) is 0 Å². The van der Waals surface area contributed by atoms with Gasteiger partial charge in [-0.3, -0.25) is 9.59 Å². The van der Waals surface area contributed by atoms with Crippen molar-refractivity contribution >= 4 is 35.8 Å². The minimum absolute atomic E-state index is 0.00994. The van der Waals surface area contributed by atoms with Crippen molar-refractivity contribution in [3.8, 4) is 0 Å². The van der Waals surface area contributed by atoms with E-state index in [-0.39, 0.29) is 78.8 Å². The number of carbonyl (C=O) groups excluding carboxylic acids is 2. The van der Waals surface area contributed by atoms with E-state index in [4.69, 9.17) is 47.4 Å². The Labute approximate surface area is 690 Å². The number of allylic oxidation sites excluding steroid dienone is 4. The van der Waals surface area contributed by atoms with Crippen molar-refractivity contribution in [1.82, 2.24) is 0 Å². The van der Waals surface area contributed by atoms with Crippen molar-refractivity contribution in [2.75, 3.05) is 13.2 Å². The Morgan fingerprint density at radius 3 is 1.09 bits per heavy atom. The molecule has 15 rings (SSSR count). The quantitative estimate of drug-likeness (QED) is 0.0416. The lowest BCUT2D eigenvalue weighted by Gasteiger charge is -2.71. The Morgan fingerprint density at radius 1 is 0.390 bits per heavy atom. The smallest absolute Gasteiger partial charge is 0.339 e. The second-order valence-electron chi connectivity index (χ2n) is 42.8. The number of ether oxygens (including phenoxy) is 10. The molecule has 0 amide bonds. The summed E-state index contributed by atoms with van der Waals surface area (Å²) >= 11 is 0. The summed E-state index contributed by atoms with van der Waals surface area (Å²) in [6.07, 6.45) is -15.6. The molecular formula is C90H130O28. The van der Waals surface area contributed by atoms with E-state index in [2.05, 4.69) is 109 Å². The van der Waals surface area contributed by atoms with Gasteiger partial charge in [0.05, 0.1) is 47.4 Å². The van der Waals surface area contributed by atoms with Crippen LogP contribution in [0.2, 0.25) is 0 Å². The zero-order valence-electron chi connectivity index (χ0n) is 70.9. The highest BCUT2D eigenvalue weighted by Crippen LogP contribution is 2.79. The number of benzene rings is 1. The minimum Gasteiger partial charge on any atom is -0.481 e. The van der Waals surface area contributed by atoms with Crippen LogP contribution in [0.1, 0.15) is 246 Å². The zero-order chi connectivity index (χ0) is 85.7. The van der Waals surface area contributed by atoms with Gasteiger partial charge in [-0.25, -0.2) is 19.2 Å². The number of carboxylic acid groups (broad SMARTS) is 4. The second kappa shape index (κ2) is 30.4. The molecule has 4 heterocycles. The molecule has 34 unspecified atom stereocenters. The lowest BCUT2D eigenvalue weighted by atomic mass is 9.33. The summed E-state index contributed by atoms with van der Waals surface area (Å²) in [6, 6.07) is 5.19.